The van der Waals surface area contributed by atoms with Crippen molar-refractivity contribution >= 4 is 11.8 Å². The molecule has 1 aromatic heterocycles. The highest BCUT2D eigenvalue weighted by atomic mass is 16.5. The Bertz CT molecular complexity index is 1000. The second-order valence-electron chi connectivity index (χ2n) is 7.87. The van der Waals surface area contributed by atoms with Crippen molar-refractivity contribution in [2.75, 3.05) is 19.7 Å². The maximum atomic E-state index is 12.6. The summed E-state index contributed by atoms with van der Waals surface area (Å²) in [6.07, 6.45) is 5.42. The maximum absolute atomic E-state index is 12.6. The number of ether oxygens (including phenoxy) is 1. The van der Waals surface area contributed by atoms with Crippen molar-refractivity contribution < 1.29 is 14.3 Å². The number of aromatic nitrogens is 1. The first kappa shape index (κ1) is 20.7. The number of benzene rings is 2. The summed E-state index contributed by atoms with van der Waals surface area (Å²) in [6, 6.07) is 19.2. The minimum absolute atomic E-state index is 0.0223. The van der Waals surface area contributed by atoms with Crippen molar-refractivity contribution in [1.29, 1.82) is 0 Å². The lowest BCUT2D eigenvalue weighted by Gasteiger charge is -2.32. The van der Waals surface area contributed by atoms with Crippen LogP contribution in [0.3, 0.4) is 0 Å². The Morgan fingerprint density at radius 1 is 0.968 bits per heavy atom. The Kier molecular flexibility index (Phi) is 6.36. The fourth-order valence-electron chi connectivity index (χ4n) is 3.70. The van der Waals surface area contributed by atoms with E-state index < -0.39 is 0 Å². The van der Waals surface area contributed by atoms with E-state index in [1.54, 1.807) is 0 Å². The van der Waals surface area contributed by atoms with E-state index in [9.17, 15) is 9.59 Å². The third-order valence-corrected chi connectivity index (χ3v) is 5.60. The van der Waals surface area contributed by atoms with Crippen molar-refractivity contribution in [3.8, 4) is 11.4 Å². The van der Waals surface area contributed by atoms with Crippen LogP contribution in [0.1, 0.15) is 28.8 Å². The molecule has 2 amide bonds. The number of hydrogen-bond acceptors (Lipinski definition) is 3. The molecule has 4 rings (SSSR count). The molecule has 1 N–H and O–H groups in total. The quantitative estimate of drug-likeness (QED) is 0.667. The van der Waals surface area contributed by atoms with Crippen molar-refractivity contribution in [3.05, 3.63) is 84.2 Å². The minimum Gasteiger partial charge on any atom is -0.484 e. The van der Waals surface area contributed by atoms with Gasteiger partial charge in [-0.3, -0.25) is 9.59 Å². The fourth-order valence-corrected chi connectivity index (χ4v) is 3.70. The molecule has 2 aromatic carbocycles. The van der Waals surface area contributed by atoms with E-state index in [-0.39, 0.29) is 24.5 Å². The SMILES string of the molecule is Cc1ccc(OCC(=O)N2CCC(NC(=O)c3ccc(-n4cccc4)cc3)CC2)cc1. The van der Waals surface area contributed by atoms with Gasteiger partial charge in [-0.2, -0.15) is 0 Å². The third-order valence-electron chi connectivity index (χ3n) is 5.60. The van der Waals surface area contributed by atoms with Gasteiger partial charge in [-0.25, -0.2) is 0 Å². The predicted octanol–water partition coefficient (Wildman–Crippen LogP) is 3.59. The highest BCUT2D eigenvalue weighted by Gasteiger charge is 2.24. The van der Waals surface area contributed by atoms with Crippen LogP contribution in [0, 0.1) is 6.92 Å². The number of rotatable bonds is 6. The normalized spacial score (nSPS) is 14.3. The van der Waals surface area contributed by atoms with Gasteiger partial charge in [0.25, 0.3) is 11.8 Å². The largest absolute Gasteiger partial charge is 0.484 e. The molecule has 0 aliphatic carbocycles. The first-order chi connectivity index (χ1) is 15.1. The van der Waals surface area contributed by atoms with Crippen LogP contribution < -0.4 is 10.1 Å². The molecule has 6 nitrogen and oxygen atoms in total. The minimum atomic E-state index is -0.0773. The van der Waals surface area contributed by atoms with Crippen LogP contribution in [0.4, 0.5) is 0 Å². The first-order valence-electron chi connectivity index (χ1n) is 10.6. The molecule has 0 saturated carbocycles. The molecule has 2 heterocycles. The van der Waals surface area contributed by atoms with Gasteiger partial charge in [-0.05, 0) is 68.3 Å². The number of carbonyl (C=O) groups excluding carboxylic acids is 2. The Hall–Kier alpha value is -3.54. The van der Waals surface area contributed by atoms with Crippen molar-refractivity contribution in [2.24, 2.45) is 0 Å². The number of nitrogens with zero attached hydrogens (tertiary/aromatic N) is 2. The molecule has 3 aromatic rings. The van der Waals surface area contributed by atoms with Crippen molar-refractivity contribution in [1.82, 2.24) is 14.8 Å². The highest BCUT2D eigenvalue weighted by Crippen LogP contribution is 2.15. The molecule has 6 heteroatoms. The van der Waals surface area contributed by atoms with Crippen LogP contribution in [0.5, 0.6) is 5.75 Å². The molecule has 0 radical (unpaired) electrons. The first-order valence-corrected chi connectivity index (χ1v) is 10.6. The second-order valence-corrected chi connectivity index (χ2v) is 7.87. The maximum Gasteiger partial charge on any atom is 0.260 e. The highest BCUT2D eigenvalue weighted by molar-refractivity contribution is 5.94. The monoisotopic (exact) mass is 417 g/mol. The van der Waals surface area contributed by atoms with Gasteiger partial charge in [0, 0.05) is 42.8 Å². The molecular weight excluding hydrogens is 390 g/mol. The van der Waals surface area contributed by atoms with Gasteiger partial charge in [-0.1, -0.05) is 17.7 Å². The zero-order valence-electron chi connectivity index (χ0n) is 17.7. The predicted molar refractivity (Wildman–Crippen MR) is 120 cm³/mol. The van der Waals surface area contributed by atoms with Crippen LogP contribution in [-0.4, -0.2) is 47.0 Å². The lowest BCUT2D eigenvalue weighted by Crippen LogP contribution is -2.47. The molecular formula is C25H27N3O3. The summed E-state index contributed by atoms with van der Waals surface area (Å²) >= 11 is 0. The number of nitrogens with one attached hydrogen (secondary N) is 1. The van der Waals surface area contributed by atoms with E-state index in [1.807, 2.05) is 89.4 Å². The average molecular weight is 418 g/mol. The summed E-state index contributed by atoms with van der Waals surface area (Å²) in [5.74, 6) is 0.599. The molecule has 0 unspecified atom stereocenters. The molecule has 1 saturated heterocycles. The molecule has 160 valence electrons. The standard InChI is InChI=1S/C25H27N3O3/c1-19-4-10-23(11-5-19)31-18-24(29)28-16-12-21(13-17-28)26-25(30)20-6-8-22(9-7-20)27-14-2-3-15-27/h2-11,14-15,21H,12-13,16-18H2,1H3,(H,26,30). The van der Waals surface area contributed by atoms with Crippen molar-refractivity contribution in [3.63, 3.8) is 0 Å². The zero-order valence-corrected chi connectivity index (χ0v) is 17.7. The van der Waals surface area contributed by atoms with E-state index in [0.717, 1.165) is 24.1 Å². The summed E-state index contributed by atoms with van der Waals surface area (Å²) in [7, 11) is 0. The van der Waals surface area contributed by atoms with Crippen LogP contribution in [0.2, 0.25) is 0 Å². The smallest absolute Gasteiger partial charge is 0.260 e. The number of piperidine rings is 1. The lowest BCUT2D eigenvalue weighted by atomic mass is 10.0. The van der Waals surface area contributed by atoms with Gasteiger partial charge in [0.2, 0.25) is 0 Å². The van der Waals surface area contributed by atoms with E-state index in [0.29, 0.717) is 24.4 Å². The van der Waals surface area contributed by atoms with Crippen LogP contribution in [0.15, 0.2) is 73.1 Å². The second kappa shape index (κ2) is 9.51. The van der Waals surface area contributed by atoms with Gasteiger partial charge in [0.15, 0.2) is 6.61 Å². The number of aryl methyl sites for hydroxylation is 1. The fraction of sp³-hybridized carbons (Fsp3) is 0.280. The molecule has 0 bridgehead atoms. The van der Waals surface area contributed by atoms with Gasteiger partial charge in [0.05, 0.1) is 0 Å². The van der Waals surface area contributed by atoms with Crippen LogP contribution in [0.25, 0.3) is 5.69 Å². The van der Waals surface area contributed by atoms with Gasteiger partial charge >= 0.3 is 0 Å². The molecule has 0 spiro atoms. The summed E-state index contributed by atoms with van der Waals surface area (Å²) in [6.45, 7) is 3.28. The average Bonchev–Trinajstić information content (AvgIpc) is 3.34. The lowest BCUT2D eigenvalue weighted by molar-refractivity contribution is -0.134. The number of amides is 2. The molecule has 1 aliphatic rings. The number of likely N-dealkylation sites (tertiary alicyclic amines) is 1. The molecule has 0 atom stereocenters. The summed E-state index contributed by atoms with van der Waals surface area (Å²) in [4.78, 5) is 26.8. The third kappa shape index (κ3) is 5.34. The Labute approximate surface area is 182 Å². The van der Waals surface area contributed by atoms with Crippen LogP contribution >= 0.6 is 0 Å². The molecule has 1 fully saturated rings. The van der Waals surface area contributed by atoms with Gasteiger partial charge in [0.1, 0.15) is 5.75 Å². The topological polar surface area (TPSA) is 63.6 Å². The Morgan fingerprint density at radius 3 is 2.26 bits per heavy atom. The molecule has 1 aliphatic heterocycles. The Morgan fingerprint density at radius 2 is 1.61 bits per heavy atom. The van der Waals surface area contributed by atoms with E-state index >= 15 is 0 Å². The van der Waals surface area contributed by atoms with Crippen molar-refractivity contribution in [2.45, 2.75) is 25.8 Å². The summed E-state index contributed by atoms with van der Waals surface area (Å²) in [5, 5.41) is 3.10. The summed E-state index contributed by atoms with van der Waals surface area (Å²) in [5.41, 5.74) is 2.81. The molecule has 31 heavy (non-hydrogen) atoms. The number of hydrogen-bond donors (Lipinski definition) is 1. The van der Waals surface area contributed by atoms with E-state index in [2.05, 4.69) is 5.32 Å². The van der Waals surface area contributed by atoms with E-state index in [1.165, 1.54) is 0 Å². The van der Waals surface area contributed by atoms with Gasteiger partial charge < -0.3 is 19.5 Å². The van der Waals surface area contributed by atoms with Gasteiger partial charge in [-0.15, -0.1) is 0 Å². The van der Waals surface area contributed by atoms with E-state index in [4.69, 9.17) is 4.74 Å². The summed E-state index contributed by atoms with van der Waals surface area (Å²) < 4.78 is 7.60. The number of carbonyl (C=O) groups is 2. The van der Waals surface area contributed by atoms with Crippen LogP contribution in [-0.2, 0) is 4.79 Å². The Balaban J connectivity index is 1.22. The zero-order chi connectivity index (χ0) is 21.6.